The van der Waals surface area contributed by atoms with E-state index in [0.29, 0.717) is 16.6 Å². The van der Waals surface area contributed by atoms with Crippen LogP contribution in [-0.4, -0.2) is 29.6 Å². The zero-order valence-electron chi connectivity index (χ0n) is 10.8. The Morgan fingerprint density at radius 1 is 0.952 bits per heavy atom. The van der Waals surface area contributed by atoms with Gasteiger partial charge in [0.2, 0.25) is 0 Å². The normalized spacial score (nSPS) is 11.1. The van der Waals surface area contributed by atoms with Crippen LogP contribution < -0.4 is 0 Å². The van der Waals surface area contributed by atoms with Gasteiger partial charge in [-0.25, -0.2) is 4.68 Å². The number of fused-ring (bicyclic) bond motifs is 1. The number of halogens is 1. The average Bonchev–Trinajstić information content (AvgIpc) is 3.14. The second kappa shape index (κ2) is 4.68. The van der Waals surface area contributed by atoms with Crippen molar-refractivity contribution in [2.45, 2.75) is 0 Å². The zero-order valence-corrected chi connectivity index (χ0v) is 11.5. The number of nitrogens with zero attached hydrogens (tertiary/aromatic N) is 6. The van der Waals surface area contributed by atoms with Crippen LogP contribution >= 0.6 is 11.6 Å². The molecule has 0 N–H and O–H groups in total. The van der Waals surface area contributed by atoms with Gasteiger partial charge in [-0.05, 0) is 24.3 Å². The van der Waals surface area contributed by atoms with Crippen LogP contribution in [0.2, 0.25) is 5.15 Å². The van der Waals surface area contributed by atoms with Gasteiger partial charge in [-0.1, -0.05) is 29.8 Å². The van der Waals surface area contributed by atoms with E-state index in [9.17, 15) is 0 Å². The maximum Gasteiger partial charge on any atom is 0.188 e. The molecule has 0 amide bonds. The predicted octanol–water partition coefficient (Wildman–Crippen LogP) is 2.63. The van der Waals surface area contributed by atoms with Gasteiger partial charge in [0.15, 0.2) is 11.5 Å². The van der Waals surface area contributed by atoms with Crippen molar-refractivity contribution in [2.24, 2.45) is 0 Å². The van der Waals surface area contributed by atoms with Crippen molar-refractivity contribution in [1.82, 2.24) is 29.6 Å². The van der Waals surface area contributed by atoms with Crippen LogP contribution in [0.4, 0.5) is 0 Å². The third-order valence-corrected chi connectivity index (χ3v) is 3.29. The lowest BCUT2D eigenvalue weighted by Gasteiger charge is -1.99. The second-order valence-electron chi connectivity index (χ2n) is 4.46. The summed E-state index contributed by atoms with van der Waals surface area (Å²) in [4.78, 5) is 0. The van der Waals surface area contributed by atoms with Crippen LogP contribution in [0.5, 0.6) is 0 Å². The monoisotopic (exact) mass is 296 g/mol. The van der Waals surface area contributed by atoms with Crippen molar-refractivity contribution >= 4 is 17.2 Å². The van der Waals surface area contributed by atoms with E-state index in [4.69, 9.17) is 11.6 Å². The van der Waals surface area contributed by atoms with Crippen molar-refractivity contribution in [1.29, 1.82) is 0 Å². The van der Waals surface area contributed by atoms with Crippen molar-refractivity contribution in [3.8, 4) is 17.1 Å². The minimum atomic E-state index is 0.388. The summed E-state index contributed by atoms with van der Waals surface area (Å²) in [6.07, 6.45) is 3.61. The van der Waals surface area contributed by atoms with Gasteiger partial charge in [-0.15, -0.1) is 10.2 Å². The molecule has 7 heteroatoms. The summed E-state index contributed by atoms with van der Waals surface area (Å²) >= 11 is 5.93. The van der Waals surface area contributed by atoms with Gasteiger partial charge in [0.25, 0.3) is 0 Å². The molecule has 0 aliphatic carbocycles. The predicted molar refractivity (Wildman–Crippen MR) is 78.4 cm³/mol. The van der Waals surface area contributed by atoms with Crippen molar-refractivity contribution in [2.75, 3.05) is 0 Å². The molecule has 102 valence electrons. The van der Waals surface area contributed by atoms with E-state index in [1.54, 1.807) is 27.5 Å². The zero-order chi connectivity index (χ0) is 14.2. The number of hydrogen-bond acceptors (Lipinski definition) is 4. The van der Waals surface area contributed by atoms with Crippen molar-refractivity contribution in [3.05, 3.63) is 60.0 Å². The highest BCUT2D eigenvalue weighted by atomic mass is 35.5. The molecule has 4 aromatic rings. The van der Waals surface area contributed by atoms with Gasteiger partial charge in [0.1, 0.15) is 5.15 Å². The molecule has 0 atom stereocenters. The summed E-state index contributed by atoms with van der Waals surface area (Å²) in [6.45, 7) is 0. The SMILES string of the molecule is Clc1ccc2nnc(-c3cnn(-c4ccccc4)c3)n2n1. The highest BCUT2D eigenvalue weighted by molar-refractivity contribution is 6.29. The minimum absolute atomic E-state index is 0.388. The Morgan fingerprint density at radius 3 is 2.67 bits per heavy atom. The summed E-state index contributed by atoms with van der Waals surface area (Å²) < 4.78 is 3.38. The van der Waals surface area contributed by atoms with E-state index in [0.717, 1.165) is 11.3 Å². The summed E-state index contributed by atoms with van der Waals surface area (Å²) in [7, 11) is 0. The van der Waals surface area contributed by atoms with Crippen LogP contribution in [-0.2, 0) is 0 Å². The van der Waals surface area contributed by atoms with E-state index in [1.165, 1.54) is 0 Å². The Kier molecular flexibility index (Phi) is 2.68. The highest BCUT2D eigenvalue weighted by Gasteiger charge is 2.12. The molecule has 0 radical (unpaired) electrons. The quantitative estimate of drug-likeness (QED) is 0.570. The first-order chi connectivity index (χ1) is 10.3. The number of hydrogen-bond donors (Lipinski definition) is 0. The van der Waals surface area contributed by atoms with Crippen LogP contribution in [0.25, 0.3) is 22.7 Å². The Morgan fingerprint density at radius 2 is 1.81 bits per heavy atom. The maximum absolute atomic E-state index is 5.93. The molecule has 1 aromatic carbocycles. The van der Waals surface area contributed by atoms with Crippen LogP contribution in [0.1, 0.15) is 0 Å². The Bertz CT molecular complexity index is 912. The lowest BCUT2D eigenvalue weighted by Crippen LogP contribution is -1.95. The molecule has 0 bridgehead atoms. The first-order valence-corrected chi connectivity index (χ1v) is 6.67. The third kappa shape index (κ3) is 2.05. The van der Waals surface area contributed by atoms with Crippen LogP contribution in [0.3, 0.4) is 0 Å². The smallest absolute Gasteiger partial charge is 0.188 e. The first-order valence-electron chi connectivity index (χ1n) is 6.30. The van der Waals surface area contributed by atoms with Gasteiger partial charge in [-0.2, -0.15) is 14.7 Å². The fourth-order valence-electron chi connectivity index (χ4n) is 2.11. The van der Waals surface area contributed by atoms with Gasteiger partial charge in [0, 0.05) is 6.20 Å². The number of para-hydroxylation sites is 1. The van der Waals surface area contributed by atoms with E-state index in [2.05, 4.69) is 20.4 Å². The summed E-state index contributed by atoms with van der Waals surface area (Å²) in [6, 6.07) is 13.3. The first kappa shape index (κ1) is 12.0. The maximum atomic E-state index is 5.93. The molecular formula is C14H9ClN6. The molecule has 3 aromatic heterocycles. The Labute approximate surface area is 124 Å². The molecule has 21 heavy (non-hydrogen) atoms. The Balaban J connectivity index is 1.83. The van der Waals surface area contributed by atoms with Crippen molar-refractivity contribution < 1.29 is 0 Å². The third-order valence-electron chi connectivity index (χ3n) is 3.09. The largest absolute Gasteiger partial charge is 0.240 e. The standard InChI is InChI=1S/C14H9ClN6/c15-12-6-7-13-17-18-14(21(13)19-12)10-8-16-20(9-10)11-4-2-1-3-5-11/h1-9H. The highest BCUT2D eigenvalue weighted by Crippen LogP contribution is 2.19. The molecule has 0 unspecified atom stereocenters. The van der Waals surface area contributed by atoms with Gasteiger partial charge in [0.05, 0.1) is 17.4 Å². The molecule has 4 rings (SSSR count). The van der Waals surface area contributed by atoms with Crippen LogP contribution in [0.15, 0.2) is 54.9 Å². The Hall–Kier alpha value is -2.73. The summed E-state index contributed by atoms with van der Waals surface area (Å²) in [5.41, 5.74) is 2.44. The fourth-order valence-corrected chi connectivity index (χ4v) is 2.25. The molecule has 0 fully saturated rings. The van der Waals surface area contributed by atoms with E-state index in [-0.39, 0.29) is 0 Å². The number of benzene rings is 1. The molecule has 3 heterocycles. The van der Waals surface area contributed by atoms with Gasteiger partial charge < -0.3 is 0 Å². The number of rotatable bonds is 2. The van der Waals surface area contributed by atoms with E-state index < -0.39 is 0 Å². The van der Waals surface area contributed by atoms with E-state index in [1.807, 2.05) is 36.5 Å². The topological polar surface area (TPSA) is 60.9 Å². The summed E-state index contributed by atoms with van der Waals surface area (Å²) in [5, 5.41) is 17.2. The van der Waals surface area contributed by atoms with E-state index >= 15 is 0 Å². The molecule has 0 saturated carbocycles. The second-order valence-corrected chi connectivity index (χ2v) is 4.85. The molecular weight excluding hydrogens is 288 g/mol. The van der Waals surface area contributed by atoms with Crippen LogP contribution in [0, 0.1) is 0 Å². The average molecular weight is 297 g/mol. The van der Waals surface area contributed by atoms with Gasteiger partial charge >= 0.3 is 0 Å². The minimum Gasteiger partial charge on any atom is -0.240 e. The number of aromatic nitrogens is 6. The van der Waals surface area contributed by atoms with Crippen molar-refractivity contribution in [3.63, 3.8) is 0 Å². The molecule has 0 spiro atoms. The fraction of sp³-hybridized carbons (Fsp3) is 0. The molecule has 0 saturated heterocycles. The summed E-state index contributed by atoms with van der Waals surface area (Å²) in [5.74, 6) is 0.606. The molecule has 0 aliphatic rings. The molecule has 0 aliphatic heterocycles. The lowest BCUT2D eigenvalue weighted by molar-refractivity contribution is 0.880. The van der Waals surface area contributed by atoms with Gasteiger partial charge in [-0.3, -0.25) is 0 Å². The lowest BCUT2D eigenvalue weighted by atomic mass is 10.3. The molecule has 6 nitrogen and oxygen atoms in total.